The fourth-order valence-electron chi connectivity index (χ4n) is 1.77. The van der Waals surface area contributed by atoms with Gasteiger partial charge in [0.15, 0.2) is 0 Å². The molecular formula is C13H19BrN2O2Si. The van der Waals surface area contributed by atoms with E-state index in [4.69, 9.17) is 4.74 Å². The van der Waals surface area contributed by atoms with E-state index in [0.717, 1.165) is 23.7 Å². The molecule has 0 radical (unpaired) electrons. The first-order valence-corrected chi connectivity index (χ1v) is 10.8. The predicted octanol–water partition coefficient (Wildman–Crippen LogP) is 3.40. The zero-order valence-electron chi connectivity index (χ0n) is 11.5. The number of hydrogen-bond donors (Lipinski definition) is 1. The van der Waals surface area contributed by atoms with E-state index in [1.807, 2.05) is 22.9 Å². The van der Waals surface area contributed by atoms with Gasteiger partial charge in [-0.1, -0.05) is 19.6 Å². The quantitative estimate of drug-likeness (QED) is 0.668. The van der Waals surface area contributed by atoms with Crippen molar-refractivity contribution < 1.29 is 4.74 Å². The van der Waals surface area contributed by atoms with Gasteiger partial charge < -0.3 is 14.3 Å². The van der Waals surface area contributed by atoms with Gasteiger partial charge in [0, 0.05) is 26.3 Å². The molecule has 2 aromatic rings. The molecule has 0 aliphatic heterocycles. The second-order valence-corrected chi connectivity index (χ2v) is 12.4. The Hall–Kier alpha value is -0.853. The van der Waals surface area contributed by atoms with Crippen LogP contribution in [0.1, 0.15) is 0 Å². The first-order valence-electron chi connectivity index (χ1n) is 6.32. The second-order valence-electron chi connectivity index (χ2n) is 5.88. The van der Waals surface area contributed by atoms with Gasteiger partial charge in [0.1, 0.15) is 12.4 Å². The summed E-state index contributed by atoms with van der Waals surface area (Å²) in [6.45, 7) is 8.24. The third-order valence-corrected chi connectivity index (χ3v) is 5.25. The van der Waals surface area contributed by atoms with Gasteiger partial charge in [0.25, 0.3) is 5.56 Å². The number of hydrogen-bond acceptors (Lipinski definition) is 2. The molecular weight excluding hydrogens is 324 g/mol. The van der Waals surface area contributed by atoms with Crippen LogP contribution in [0.2, 0.25) is 25.7 Å². The van der Waals surface area contributed by atoms with Gasteiger partial charge in [-0.3, -0.25) is 4.79 Å². The number of ether oxygens (including phenoxy) is 1. The number of H-pyrrole nitrogens is 1. The highest BCUT2D eigenvalue weighted by molar-refractivity contribution is 9.10. The molecule has 0 saturated heterocycles. The van der Waals surface area contributed by atoms with Gasteiger partial charge in [-0.05, 0) is 34.1 Å². The molecule has 0 aromatic carbocycles. The van der Waals surface area contributed by atoms with Crippen LogP contribution in [0.25, 0.3) is 11.0 Å². The van der Waals surface area contributed by atoms with E-state index in [9.17, 15) is 4.79 Å². The van der Waals surface area contributed by atoms with Gasteiger partial charge in [-0.25, -0.2) is 0 Å². The highest BCUT2D eigenvalue weighted by Gasteiger charge is 2.12. The molecule has 0 atom stereocenters. The van der Waals surface area contributed by atoms with E-state index < -0.39 is 8.07 Å². The molecule has 0 saturated carbocycles. The van der Waals surface area contributed by atoms with Crippen molar-refractivity contribution in [2.45, 2.75) is 32.4 Å². The molecule has 1 N–H and O–H groups in total. The van der Waals surface area contributed by atoms with Gasteiger partial charge in [-0.15, -0.1) is 0 Å². The third-order valence-electron chi connectivity index (χ3n) is 2.95. The number of fused-ring (bicyclic) bond motifs is 1. The van der Waals surface area contributed by atoms with Crippen molar-refractivity contribution in [2.24, 2.45) is 0 Å². The standard InChI is InChI=1S/C13H19BrN2O2Si/c1-19(2,3)7-6-18-9-16-5-4-10-8-11(14)13(17)15-12(10)16/h4-5,8H,6-7,9H2,1-3H3,(H,15,17). The Morgan fingerprint density at radius 2 is 2.16 bits per heavy atom. The van der Waals surface area contributed by atoms with Crippen molar-refractivity contribution in [2.75, 3.05) is 6.61 Å². The zero-order valence-corrected chi connectivity index (χ0v) is 14.1. The van der Waals surface area contributed by atoms with Crippen LogP contribution >= 0.6 is 15.9 Å². The molecule has 0 bridgehead atoms. The Morgan fingerprint density at radius 1 is 1.42 bits per heavy atom. The van der Waals surface area contributed by atoms with E-state index in [1.165, 1.54) is 0 Å². The highest BCUT2D eigenvalue weighted by atomic mass is 79.9. The molecule has 0 aliphatic carbocycles. The number of nitrogens with one attached hydrogen (secondary N) is 1. The van der Waals surface area contributed by atoms with Crippen molar-refractivity contribution in [3.05, 3.63) is 33.2 Å². The lowest BCUT2D eigenvalue weighted by Gasteiger charge is -2.15. The summed E-state index contributed by atoms with van der Waals surface area (Å²) in [5.74, 6) is 0. The summed E-state index contributed by atoms with van der Waals surface area (Å²) in [5.41, 5.74) is 0.691. The number of nitrogens with zero attached hydrogens (tertiary/aromatic N) is 1. The highest BCUT2D eigenvalue weighted by Crippen LogP contribution is 2.16. The second kappa shape index (κ2) is 5.64. The molecule has 0 aliphatic rings. The van der Waals surface area contributed by atoms with Gasteiger partial charge in [-0.2, -0.15) is 0 Å². The van der Waals surface area contributed by atoms with Gasteiger partial charge in [0.2, 0.25) is 0 Å². The van der Waals surface area contributed by atoms with Crippen LogP contribution in [0.15, 0.2) is 27.6 Å². The molecule has 0 fully saturated rings. The molecule has 19 heavy (non-hydrogen) atoms. The molecule has 0 unspecified atom stereocenters. The maximum Gasteiger partial charge on any atom is 0.263 e. The van der Waals surface area contributed by atoms with E-state index in [0.29, 0.717) is 11.2 Å². The smallest absolute Gasteiger partial charge is 0.263 e. The van der Waals surface area contributed by atoms with Crippen molar-refractivity contribution in [3.63, 3.8) is 0 Å². The average Bonchev–Trinajstić information content (AvgIpc) is 2.67. The Labute approximate surface area is 121 Å². The van der Waals surface area contributed by atoms with Crippen LogP contribution in [0.4, 0.5) is 0 Å². The minimum Gasteiger partial charge on any atom is -0.361 e. The van der Waals surface area contributed by atoms with E-state index >= 15 is 0 Å². The van der Waals surface area contributed by atoms with Crippen LogP contribution in [0.3, 0.4) is 0 Å². The van der Waals surface area contributed by atoms with Crippen LogP contribution in [-0.2, 0) is 11.5 Å². The maximum absolute atomic E-state index is 11.6. The lowest BCUT2D eigenvalue weighted by molar-refractivity contribution is 0.0898. The van der Waals surface area contributed by atoms with Crippen molar-refractivity contribution in [1.82, 2.24) is 9.55 Å². The van der Waals surface area contributed by atoms with Gasteiger partial charge >= 0.3 is 0 Å². The molecule has 2 rings (SSSR count). The molecule has 104 valence electrons. The minimum atomic E-state index is -1.05. The molecule has 4 nitrogen and oxygen atoms in total. The first-order chi connectivity index (χ1) is 8.87. The number of pyridine rings is 1. The predicted molar refractivity (Wildman–Crippen MR) is 84.4 cm³/mol. The fraction of sp³-hybridized carbons (Fsp3) is 0.462. The van der Waals surface area contributed by atoms with E-state index in [-0.39, 0.29) is 5.56 Å². The minimum absolute atomic E-state index is 0.116. The molecule has 0 spiro atoms. The maximum atomic E-state index is 11.6. The van der Waals surface area contributed by atoms with Crippen LogP contribution in [0.5, 0.6) is 0 Å². The number of aromatic amines is 1. The SMILES string of the molecule is C[Si](C)(C)CCOCn1ccc2cc(Br)c(=O)[nH]c21. The number of aromatic nitrogens is 2. The summed E-state index contributed by atoms with van der Waals surface area (Å²) in [6, 6.07) is 4.94. The average molecular weight is 343 g/mol. The van der Waals surface area contributed by atoms with Crippen LogP contribution < -0.4 is 5.56 Å². The topological polar surface area (TPSA) is 47.0 Å². The summed E-state index contributed by atoms with van der Waals surface area (Å²) in [4.78, 5) is 14.4. The molecule has 2 heterocycles. The van der Waals surface area contributed by atoms with Gasteiger partial charge in [0.05, 0.1) is 4.47 Å². The van der Waals surface area contributed by atoms with E-state index in [1.54, 1.807) is 0 Å². The molecule has 6 heteroatoms. The lowest BCUT2D eigenvalue weighted by Crippen LogP contribution is -2.22. The lowest BCUT2D eigenvalue weighted by atomic mass is 10.3. The van der Waals surface area contributed by atoms with Crippen molar-refractivity contribution >= 4 is 35.0 Å². The summed E-state index contributed by atoms with van der Waals surface area (Å²) in [5, 5.41) is 1.00. The summed E-state index contributed by atoms with van der Waals surface area (Å²) >= 11 is 3.23. The Bertz CT molecular complexity index is 628. The molecule has 2 aromatic heterocycles. The first kappa shape index (κ1) is 14.6. The number of rotatable bonds is 5. The normalized spacial score (nSPS) is 12.2. The Kier molecular flexibility index (Phi) is 4.32. The van der Waals surface area contributed by atoms with Crippen LogP contribution in [0, 0.1) is 0 Å². The van der Waals surface area contributed by atoms with Crippen LogP contribution in [-0.4, -0.2) is 24.2 Å². The third kappa shape index (κ3) is 3.81. The summed E-state index contributed by atoms with van der Waals surface area (Å²) in [7, 11) is -1.05. The van der Waals surface area contributed by atoms with Crippen molar-refractivity contribution in [1.29, 1.82) is 0 Å². The van der Waals surface area contributed by atoms with E-state index in [2.05, 4.69) is 40.6 Å². The fourth-order valence-corrected chi connectivity index (χ4v) is 2.87. The molecule has 0 amide bonds. The summed E-state index contributed by atoms with van der Waals surface area (Å²) < 4.78 is 8.17. The van der Waals surface area contributed by atoms with Crippen molar-refractivity contribution in [3.8, 4) is 0 Å². The Balaban J connectivity index is 2.05. The monoisotopic (exact) mass is 342 g/mol. The zero-order chi connectivity index (χ0) is 14.0. The summed E-state index contributed by atoms with van der Waals surface area (Å²) in [6.07, 6.45) is 1.93. The number of halogens is 1. The Morgan fingerprint density at radius 3 is 2.84 bits per heavy atom. The largest absolute Gasteiger partial charge is 0.361 e.